The summed E-state index contributed by atoms with van der Waals surface area (Å²) in [5, 5.41) is 2.85. The van der Waals surface area contributed by atoms with Crippen LogP contribution in [0.3, 0.4) is 0 Å². The number of nitrogens with zero attached hydrogens (tertiary/aromatic N) is 2. The van der Waals surface area contributed by atoms with E-state index in [1.165, 1.54) is 19.3 Å². The van der Waals surface area contributed by atoms with E-state index in [1.807, 2.05) is 36.4 Å². The number of rotatable bonds is 7. The molecular weight excluding hydrogens is 330 g/mol. The number of aromatic nitrogens is 1. The van der Waals surface area contributed by atoms with Gasteiger partial charge in [0.25, 0.3) is 5.91 Å². The first-order valence-corrected chi connectivity index (χ1v) is 9.02. The van der Waals surface area contributed by atoms with Crippen LogP contribution in [0.25, 0.3) is 0 Å². The zero-order valence-corrected chi connectivity index (χ0v) is 15.1. The zero-order chi connectivity index (χ0) is 18.2. The van der Waals surface area contributed by atoms with Crippen LogP contribution in [0, 0.1) is 0 Å². The molecule has 1 aliphatic rings. The second kappa shape index (κ2) is 9.08. The van der Waals surface area contributed by atoms with Crippen molar-refractivity contribution in [2.45, 2.75) is 19.3 Å². The highest BCUT2D eigenvalue weighted by Crippen LogP contribution is 2.18. The third kappa shape index (κ3) is 4.88. The average Bonchev–Trinajstić information content (AvgIpc) is 2.72. The van der Waals surface area contributed by atoms with E-state index in [1.54, 1.807) is 13.3 Å². The lowest BCUT2D eigenvalue weighted by Gasteiger charge is -2.27. The second-order valence-electron chi connectivity index (χ2n) is 6.23. The number of carbonyl (C=O) groups is 1. The Kier molecular flexibility index (Phi) is 6.30. The maximum absolute atomic E-state index is 12.2. The molecule has 1 aliphatic heterocycles. The van der Waals surface area contributed by atoms with Crippen LogP contribution in [0.5, 0.6) is 11.5 Å². The lowest BCUT2D eigenvalue weighted by molar-refractivity contribution is 0.0946. The molecule has 1 aromatic heterocycles. The van der Waals surface area contributed by atoms with E-state index in [-0.39, 0.29) is 5.91 Å². The zero-order valence-electron chi connectivity index (χ0n) is 15.1. The minimum atomic E-state index is -0.138. The number of pyridine rings is 1. The number of nitrogens with one attached hydrogen (secondary N) is 1. The Balaban J connectivity index is 1.42. The van der Waals surface area contributed by atoms with E-state index in [9.17, 15) is 4.79 Å². The van der Waals surface area contributed by atoms with Crippen LogP contribution in [0.4, 0.5) is 5.82 Å². The fourth-order valence-electron chi connectivity index (χ4n) is 2.94. The van der Waals surface area contributed by atoms with Crippen LogP contribution >= 0.6 is 0 Å². The summed E-state index contributed by atoms with van der Waals surface area (Å²) in [7, 11) is 1.62. The largest absolute Gasteiger partial charge is 0.497 e. The Hall–Kier alpha value is -2.76. The van der Waals surface area contributed by atoms with Crippen molar-refractivity contribution in [2.24, 2.45) is 0 Å². The van der Waals surface area contributed by atoms with E-state index >= 15 is 0 Å². The summed E-state index contributed by atoms with van der Waals surface area (Å²) in [6.45, 7) is 2.92. The van der Waals surface area contributed by atoms with Gasteiger partial charge in [-0.05, 0) is 55.7 Å². The van der Waals surface area contributed by atoms with Gasteiger partial charge < -0.3 is 19.7 Å². The molecule has 0 bridgehead atoms. The maximum Gasteiger partial charge on any atom is 0.252 e. The van der Waals surface area contributed by atoms with E-state index in [4.69, 9.17) is 9.47 Å². The second-order valence-corrected chi connectivity index (χ2v) is 6.23. The number of methoxy groups -OCH3 is 1. The predicted molar refractivity (Wildman–Crippen MR) is 101 cm³/mol. The van der Waals surface area contributed by atoms with E-state index in [2.05, 4.69) is 15.2 Å². The number of benzene rings is 1. The minimum absolute atomic E-state index is 0.138. The Morgan fingerprint density at radius 2 is 1.81 bits per heavy atom. The first kappa shape index (κ1) is 18.0. The highest BCUT2D eigenvalue weighted by molar-refractivity contribution is 5.94. The quantitative estimate of drug-likeness (QED) is 0.774. The van der Waals surface area contributed by atoms with Crippen LogP contribution in [0.15, 0.2) is 42.6 Å². The summed E-state index contributed by atoms with van der Waals surface area (Å²) in [6, 6.07) is 11.1. The molecule has 0 spiro atoms. The Bertz CT molecular complexity index is 695. The molecule has 1 fully saturated rings. The summed E-state index contributed by atoms with van der Waals surface area (Å²) < 4.78 is 10.7. The van der Waals surface area contributed by atoms with Crippen molar-refractivity contribution in [3.63, 3.8) is 0 Å². The van der Waals surface area contributed by atoms with Crippen molar-refractivity contribution in [3.8, 4) is 11.5 Å². The average molecular weight is 355 g/mol. The molecule has 0 aliphatic carbocycles. The fourth-order valence-corrected chi connectivity index (χ4v) is 2.94. The summed E-state index contributed by atoms with van der Waals surface area (Å²) in [5.74, 6) is 2.34. The van der Waals surface area contributed by atoms with E-state index < -0.39 is 0 Å². The molecule has 2 heterocycles. The van der Waals surface area contributed by atoms with Gasteiger partial charge in [-0.15, -0.1) is 0 Å². The molecule has 0 radical (unpaired) electrons. The predicted octanol–water partition coefficient (Wildman–Crippen LogP) is 2.89. The summed E-state index contributed by atoms with van der Waals surface area (Å²) in [4.78, 5) is 18.9. The summed E-state index contributed by atoms with van der Waals surface area (Å²) in [5.41, 5.74) is 0.565. The molecule has 3 rings (SSSR count). The standard InChI is InChI=1S/C20H25N3O3/c1-25-17-6-8-18(9-7-17)26-14-11-21-20(24)16-5-10-19(22-15-16)23-12-3-2-4-13-23/h5-10,15H,2-4,11-14H2,1H3,(H,21,24). The molecule has 1 N–H and O–H groups in total. The fraction of sp³-hybridized carbons (Fsp3) is 0.400. The molecule has 1 saturated heterocycles. The van der Waals surface area contributed by atoms with Gasteiger partial charge in [-0.1, -0.05) is 0 Å². The highest BCUT2D eigenvalue weighted by atomic mass is 16.5. The molecule has 26 heavy (non-hydrogen) atoms. The van der Waals surface area contributed by atoms with Crippen LogP contribution in [0.1, 0.15) is 29.6 Å². The molecule has 2 aromatic rings. The number of carbonyl (C=O) groups excluding carboxylic acids is 1. The number of hydrogen-bond acceptors (Lipinski definition) is 5. The number of piperidine rings is 1. The molecule has 1 aromatic carbocycles. The van der Waals surface area contributed by atoms with Crippen LogP contribution < -0.4 is 19.7 Å². The summed E-state index contributed by atoms with van der Waals surface area (Å²) >= 11 is 0. The Labute approximate surface area is 154 Å². The van der Waals surface area contributed by atoms with Gasteiger partial charge in [-0.25, -0.2) is 4.98 Å². The number of amides is 1. The van der Waals surface area contributed by atoms with Crippen molar-refractivity contribution in [2.75, 3.05) is 38.3 Å². The van der Waals surface area contributed by atoms with Crippen LogP contribution in [0.2, 0.25) is 0 Å². The Morgan fingerprint density at radius 1 is 1.08 bits per heavy atom. The lowest BCUT2D eigenvalue weighted by atomic mass is 10.1. The van der Waals surface area contributed by atoms with Crippen molar-refractivity contribution >= 4 is 11.7 Å². The third-order valence-corrected chi connectivity index (χ3v) is 4.41. The van der Waals surface area contributed by atoms with Gasteiger partial charge in [-0.3, -0.25) is 4.79 Å². The maximum atomic E-state index is 12.2. The van der Waals surface area contributed by atoms with Gasteiger partial charge in [-0.2, -0.15) is 0 Å². The van der Waals surface area contributed by atoms with Gasteiger partial charge in [0, 0.05) is 19.3 Å². The van der Waals surface area contributed by atoms with Crippen molar-refractivity contribution in [3.05, 3.63) is 48.2 Å². The van der Waals surface area contributed by atoms with Gasteiger partial charge in [0.15, 0.2) is 0 Å². The van der Waals surface area contributed by atoms with Crippen LogP contribution in [-0.4, -0.2) is 44.2 Å². The smallest absolute Gasteiger partial charge is 0.252 e. The van der Waals surface area contributed by atoms with Gasteiger partial charge >= 0.3 is 0 Å². The molecule has 0 unspecified atom stereocenters. The van der Waals surface area contributed by atoms with Crippen molar-refractivity contribution in [1.82, 2.24) is 10.3 Å². The van der Waals surface area contributed by atoms with Crippen molar-refractivity contribution in [1.29, 1.82) is 0 Å². The topological polar surface area (TPSA) is 63.7 Å². The molecule has 0 atom stereocenters. The van der Waals surface area contributed by atoms with Gasteiger partial charge in [0.1, 0.15) is 23.9 Å². The van der Waals surface area contributed by atoms with E-state index in [0.29, 0.717) is 18.7 Å². The Morgan fingerprint density at radius 3 is 2.46 bits per heavy atom. The molecule has 138 valence electrons. The number of hydrogen-bond donors (Lipinski definition) is 1. The molecule has 6 nitrogen and oxygen atoms in total. The first-order valence-electron chi connectivity index (χ1n) is 9.02. The lowest BCUT2D eigenvalue weighted by Crippen LogP contribution is -2.31. The van der Waals surface area contributed by atoms with Gasteiger partial charge in [0.05, 0.1) is 19.2 Å². The molecular formula is C20H25N3O3. The first-order chi connectivity index (χ1) is 12.8. The third-order valence-electron chi connectivity index (χ3n) is 4.41. The van der Waals surface area contributed by atoms with Gasteiger partial charge in [0.2, 0.25) is 0 Å². The monoisotopic (exact) mass is 355 g/mol. The number of ether oxygens (including phenoxy) is 2. The summed E-state index contributed by atoms with van der Waals surface area (Å²) in [6.07, 6.45) is 5.34. The van der Waals surface area contributed by atoms with Crippen LogP contribution in [-0.2, 0) is 0 Å². The molecule has 6 heteroatoms. The highest BCUT2D eigenvalue weighted by Gasteiger charge is 2.13. The SMILES string of the molecule is COc1ccc(OCCNC(=O)c2ccc(N3CCCCC3)nc2)cc1. The van der Waals surface area contributed by atoms with E-state index in [0.717, 1.165) is 30.4 Å². The number of anilines is 1. The molecule has 1 amide bonds. The molecule has 0 saturated carbocycles. The van der Waals surface area contributed by atoms with Crippen molar-refractivity contribution < 1.29 is 14.3 Å². The minimum Gasteiger partial charge on any atom is -0.497 e. The normalized spacial score (nSPS) is 14.0.